The molecule has 1 fully saturated rings. The van der Waals surface area contributed by atoms with E-state index in [1.54, 1.807) is 12.4 Å². The number of carbonyl (C=O) groups excluding carboxylic acids is 1. The zero-order valence-corrected chi connectivity index (χ0v) is 14.8. The fourth-order valence-corrected chi connectivity index (χ4v) is 3.39. The van der Waals surface area contributed by atoms with Gasteiger partial charge < -0.3 is 9.80 Å². The van der Waals surface area contributed by atoms with Gasteiger partial charge in [-0.05, 0) is 28.9 Å². The Morgan fingerprint density at radius 3 is 2.74 bits per heavy atom. The fourth-order valence-electron chi connectivity index (χ4n) is 3.02. The summed E-state index contributed by atoms with van der Waals surface area (Å²) in [5, 5.41) is 0. The average Bonchev–Trinajstić information content (AvgIpc) is 2.55. The van der Waals surface area contributed by atoms with Gasteiger partial charge in [0.25, 0.3) is 5.91 Å². The van der Waals surface area contributed by atoms with Crippen LogP contribution in [0.5, 0.6) is 0 Å². The van der Waals surface area contributed by atoms with Crippen molar-refractivity contribution in [1.29, 1.82) is 0 Å². The lowest BCUT2D eigenvalue weighted by atomic mass is 10.1. The van der Waals surface area contributed by atoms with Crippen molar-refractivity contribution < 1.29 is 9.69 Å². The summed E-state index contributed by atoms with van der Waals surface area (Å²) in [6, 6.07) is 10.5. The molecule has 1 saturated heterocycles. The van der Waals surface area contributed by atoms with Crippen LogP contribution in [0.1, 0.15) is 21.5 Å². The topological polar surface area (TPSA) is 37.6 Å². The summed E-state index contributed by atoms with van der Waals surface area (Å²) in [5.41, 5.74) is 3.33. The molecule has 4 nitrogen and oxygen atoms in total. The first-order chi connectivity index (χ1) is 11.1. The van der Waals surface area contributed by atoms with Crippen molar-refractivity contribution in [2.45, 2.75) is 13.5 Å². The van der Waals surface area contributed by atoms with Gasteiger partial charge >= 0.3 is 0 Å². The molecule has 1 N–H and O–H groups in total. The predicted octanol–water partition coefficient (Wildman–Crippen LogP) is 1.69. The number of piperazine rings is 1. The molecule has 1 aromatic heterocycles. The van der Waals surface area contributed by atoms with Crippen molar-refractivity contribution >= 4 is 21.8 Å². The van der Waals surface area contributed by atoms with E-state index in [0.717, 1.165) is 37.2 Å². The van der Waals surface area contributed by atoms with E-state index in [2.05, 4.69) is 52.1 Å². The van der Waals surface area contributed by atoms with Gasteiger partial charge in [0.1, 0.15) is 6.54 Å². The smallest absolute Gasteiger partial charge is 0.255 e. The van der Waals surface area contributed by atoms with Crippen LogP contribution in [0.25, 0.3) is 0 Å². The number of quaternary nitrogens is 1. The number of aryl methyl sites for hydroxylation is 1. The third-order valence-electron chi connectivity index (χ3n) is 4.25. The molecule has 0 atom stereocenters. The van der Waals surface area contributed by atoms with Crippen molar-refractivity contribution in [3.63, 3.8) is 0 Å². The molecule has 1 aromatic carbocycles. The summed E-state index contributed by atoms with van der Waals surface area (Å²) in [7, 11) is 0. The van der Waals surface area contributed by atoms with Crippen molar-refractivity contribution in [3.05, 3.63) is 63.9 Å². The highest BCUT2D eigenvalue weighted by Crippen LogP contribution is 2.12. The molecule has 2 heterocycles. The number of nitrogens with zero attached hydrogens (tertiary/aromatic N) is 2. The molecule has 1 amide bonds. The highest BCUT2D eigenvalue weighted by molar-refractivity contribution is 9.10. The van der Waals surface area contributed by atoms with Gasteiger partial charge in [0.05, 0.1) is 31.7 Å². The lowest BCUT2D eigenvalue weighted by Gasteiger charge is -2.32. The quantitative estimate of drug-likeness (QED) is 0.887. The summed E-state index contributed by atoms with van der Waals surface area (Å²) in [6.45, 7) is 6.73. The maximum atomic E-state index is 12.5. The number of aromatic nitrogens is 1. The molecule has 3 rings (SSSR count). The Bertz CT molecular complexity index is 696. The van der Waals surface area contributed by atoms with Gasteiger partial charge in [0.15, 0.2) is 0 Å². The van der Waals surface area contributed by atoms with Crippen LogP contribution >= 0.6 is 15.9 Å². The Hall–Kier alpha value is -1.72. The van der Waals surface area contributed by atoms with E-state index >= 15 is 0 Å². The summed E-state index contributed by atoms with van der Waals surface area (Å²) in [4.78, 5) is 20.1. The first-order valence-electron chi connectivity index (χ1n) is 7.91. The van der Waals surface area contributed by atoms with Gasteiger partial charge in [-0.15, -0.1) is 0 Å². The lowest BCUT2D eigenvalue weighted by molar-refractivity contribution is -0.917. The largest absolute Gasteiger partial charge is 0.328 e. The van der Waals surface area contributed by atoms with Gasteiger partial charge in [0.2, 0.25) is 0 Å². The van der Waals surface area contributed by atoms with Crippen molar-refractivity contribution in [2.75, 3.05) is 26.2 Å². The third kappa shape index (κ3) is 4.18. The molecule has 1 aliphatic rings. The second kappa shape index (κ2) is 7.23. The summed E-state index contributed by atoms with van der Waals surface area (Å²) >= 11 is 3.37. The van der Waals surface area contributed by atoms with Crippen LogP contribution in [0.15, 0.2) is 47.2 Å². The summed E-state index contributed by atoms with van der Waals surface area (Å²) in [6.07, 6.45) is 3.33. The standard InChI is InChI=1S/C18H20BrN3O/c1-14-3-2-4-15(9-14)13-21-5-7-22(8-6-21)18(23)16-10-17(19)12-20-11-16/h2-4,9-12H,5-8,13H2,1H3/p+1. The Morgan fingerprint density at radius 2 is 2.04 bits per heavy atom. The number of rotatable bonds is 3. The van der Waals surface area contributed by atoms with Gasteiger partial charge in [-0.2, -0.15) is 0 Å². The number of benzene rings is 1. The monoisotopic (exact) mass is 374 g/mol. The molecule has 0 spiro atoms. The molecule has 0 bridgehead atoms. The third-order valence-corrected chi connectivity index (χ3v) is 4.68. The highest BCUT2D eigenvalue weighted by Gasteiger charge is 2.24. The van der Waals surface area contributed by atoms with E-state index in [1.807, 2.05) is 11.0 Å². The summed E-state index contributed by atoms with van der Waals surface area (Å²) < 4.78 is 0.840. The van der Waals surface area contributed by atoms with Crippen LogP contribution in [-0.4, -0.2) is 42.0 Å². The molecule has 0 saturated carbocycles. The van der Waals surface area contributed by atoms with E-state index in [4.69, 9.17) is 0 Å². The van der Waals surface area contributed by atoms with Crippen LogP contribution in [0.3, 0.4) is 0 Å². The lowest BCUT2D eigenvalue weighted by Crippen LogP contribution is -3.13. The first kappa shape index (κ1) is 16.1. The molecule has 0 radical (unpaired) electrons. The normalized spacial score (nSPS) is 15.7. The Kier molecular flexibility index (Phi) is 5.08. The van der Waals surface area contributed by atoms with E-state index < -0.39 is 0 Å². The Labute approximate surface area is 145 Å². The predicted molar refractivity (Wildman–Crippen MR) is 93.4 cm³/mol. The SMILES string of the molecule is Cc1cccc(C[NH+]2CCN(C(=O)c3cncc(Br)c3)CC2)c1. The van der Waals surface area contributed by atoms with E-state index in [9.17, 15) is 4.79 Å². The Morgan fingerprint density at radius 1 is 1.26 bits per heavy atom. The van der Waals surface area contributed by atoms with Crippen LogP contribution < -0.4 is 4.90 Å². The molecular formula is C18H21BrN3O+. The van der Waals surface area contributed by atoms with Gasteiger partial charge in [-0.25, -0.2) is 0 Å². The second-order valence-corrected chi connectivity index (χ2v) is 7.02. The van der Waals surface area contributed by atoms with E-state index in [-0.39, 0.29) is 5.91 Å². The van der Waals surface area contributed by atoms with Crippen LogP contribution in [0, 0.1) is 6.92 Å². The maximum Gasteiger partial charge on any atom is 0.255 e. The van der Waals surface area contributed by atoms with Crippen LogP contribution in [-0.2, 0) is 6.54 Å². The minimum absolute atomic E-state index is 0.0772. The molecule has 23 heavy (non-hydrogen) atoms. The number of nitrogens with one attached hydrogen (secondary N) is 1. The average molecular weight is 375 g/mol. The second-order valence-electron chi connectivity index (χ2n) is 6.10. The number of pyridine rings is 1. The van der Waals surface area contributed by atoms with E-state index in [1.165, 1.54) is 16.0 Å². The Balaban J connectivity index is 1.57. The zero-order valence-electron chi connectivity index (χ0n) is 13.3. The van der Waals surface area contributed by atoms with E-state index in [0.29, 0.717) is 5.56 Å². The zero-order chi connectivity index (χ0) is 16.2. The molecule has 0 aliphatic carbocycles. The number of hydrogen-bond donors (Lipinski definition) is 1. The van der Waals surface area contributed by atoms with Gasteiger partial charge in [0, 0.05) is 22.4 Å². The number of amides is 1. The fraction of sp³-hybridized carbons (Fsp3) is 0.333. The molecule has 120 valence electrons. The van der Waals surface area contributed by atoms with Crippen molar-refractivity contribution in [3.8, 4) is 0 Å². The first-order valence-corrected chi connectivity index (χ1v) is 8.70. The number of halogens is 1. The molecule has 2 aromatic rings. The number of hydrogen-bond acceptors (Lipinski definition) is 2. The highest BCUT2D eigenvalue weighted by atomic mass is 79.9. The maximum absolute atomic E-state index is 12.5. The molecular weight excluding hydrogens is 354 g/mol. The molecule has 0 unspecified atom stereocenters. The number of carbonyl (C=O) groups is 1. The molecule has 1 aliphatic heterocycles. The minimum Gasteiger partial charge on any atom is -0.328 e. The molecule has 5 heteroatoms. The van der Waals surface area contributed by atoms with Crippen molar-refractivity contribution in [2.24, 2.45) is 0 Å². The van der Waals surface area contributed by atoms with Gasteiger partial charge in [-0.3, -0.25) is 9.78 Å². The summed E-state index contributed by atoms with van der Waals surface area (Å²) in [5.74, 6) is 0.0772. The van der Waals surface area contributed by atoms with Gasteiger partial charge in [-0.1, -0.05) is 29.8 Å². The minimum atomic E-state index is 0.0772. The van der Waals surface area contributed by atoms with Crippen LogP contribution in [0.4, 0.5) is 0 Å². The van der Waals surface area contributed by atoms with Crippen LogP contribution in [0.2, 0.25) is 0 Å². The van der Waals surface area contributed by atoms with Crippen molar-refractivity contribution in [1.82, 2.24) is 9.88 Å².